The van der Waals surface area contributed by atoms with Gasteiger partial charge in [-0.1, -0.05) is 12.2 Å². The summed E-state index contributed by atoms with van der Waals surface area (Å²) in [6.07, 6.45) is 0.782. The number of esters is 1. The van der Waals surface area contributed by atoms with Crippen LogP contribution in [0.25, 0.3) is 0 Å². The first-order valence-corrected chi connectivity index (χ1v) is 7.19. The van der Waals surface area contributed by atoms with Crippen LogP contribution in [-0.2, 0) is 14.3 Å². The number of halogens is 1. The van der Waals surface area contributed by atoms with Gasteiger partial charge in [-0.15, -0.1) is 0 Å². The lowest BCUT2D eigenvalue weighted by molar-refractivity contribution is -0.141. The second kappa shape index (κ2) is 9.41. The Balaban J connectivity index is 2.78. The van der Waals surface area contributed by atoms with E-state index in [1.54, 1.807) is 26.2 Å². The number of hydrogen-bond acceptors (Lipinski definition) is 4. The Morgan fingerprint density at radius 3 is 2.57 bits per heavy atom. The van der Waals surface area contributed by atoms with E-state index in [4.69, 9.17) is 21.7 Å². The Labute approximate surface area is 129 Å². The molecule has 0 aromatic heterocycles. The summed E-state index contributed by atoms with van der Waals surface area (Å²) in [4.78, 5) is 13.8. The Bertz CT molecular complexity index is 464. The van der Waals surface area contributed by atoms with Crippen LogP contribution in [0.4, 0.5) is 10.1 Å². The van der Waals surface area contributed by atoms with Crippen molar-refractivity contribution in [3.05, 3.63) is 30.1 Å². The number of anilines is 1. The number of rotatable bonds is 8. The van der Waals surface area contributed by atoms with Gasteiger partial charge in [-0.3, -0.25) is 4.79 Å². The molecule has 0 N–H and O–H groups in total. The van der Waals surface area contributed by atoms with Crippen molar-refractivity contribution in [3.63, 3.8) is 0 Å². The largest absolute Gasteiger partial charge is 0.466 e. The van der Waals surface area contributed by atoms with Crippen LogP contribution in [-0.4, -0.2) is 37.8 Å². The summed E-state index contributed by atoms with van der Waals surface area (Å²) in [5.41, 5.74) is 0.752. The molecule has 0 aliphatic rings. The zero-order valence-corrected chi connectivity index (χ0v) is 13.1. The SMILES string of the molecule is CCOC(=O)CC(=S)N(CCCOC)c1ccc(F)cc1. The van der Waals surface area contributed by atoms with E-state index >= 15 is 0 Å². The van der Waals surface area contributed by atoms with Crippen molar-refractivity contribution in [3.8, 4) is 0 Å². The number of carbonyl (C=O) groups is 1. The molecule has 0 atom stereocenters. The van der Waals surface area contributed by atoms with Gasteiger partial charge in [0.25, 0.3) is 0 Å². The molecular weight excluding hydrogens is 293 g/mol. The van der Waals surface area contributed by atoms with E-state index in [1.807, 2.05) is 4.90 Å². The summed E-state index contributed by atoms with van der Waals surface area (Å²) >= 11 is 5.32. The zero-order valence-electron chi connectivity index (χ0n) is 12.3. The quantitative estimate of drug-likeness (QED) is 0.419. The molecule has 0 aliphatic carbocycles. The lowest BCUT2D eigenvalue weighted by Crippen LogP contribution is -2.33. The molecule has 0 saturated heterocycles. The van der Waals surface area contributed by atoms with Crippen LogP contribution < -0.4 is 4.90 Å². The predicted molar refractivity (Wildman–Crippen MR) is 84.1 cm³/mol. The number of hydrogen-bond donors (Lipinski definition) is 0. The molecule has 0 amide bonds. The average molecular weight is 313 g/mol. The van der Waals surface area contributed by atoms with Crippen LogP contribution in [0.5, 0.6) is 0 Å². The Morgan fingerprint density at radius 2 is 2.00 bits per heavy atom. The molecule has 0 heterocycles. The van der Waals surface area contributed by atoms with E-state index in [9.17, 15) is 9.18 Å². The van der Waals surface area contributed by atoms with E-state index < -0.39 is 0 Å². The minimum Gasteiger partial charge on any atom is -0.466 e. The topological polar surface area (TPSA) is 38.8 Å². The molecule has 6 heteroatoms. The van der Waals surface area contributed by atoms with Gasteiger partial charge in [0.2, 0.25) is 0 Å². The number of carbonyl (C=O) groups excluding carboxylic acids is 1. The molecule has 1 aromatic carbocycles. The van der Waals surface area contributed by atoms with Crippen LogP contribution in [0, 0.1) is 5.82 Å². The molecule has 0 fully saturated rings. The van der Waals surface area contributed by atoms with Crippen molar-refractivity contribution in [2.75, 3.05) is 31.8 Å². The van der Waals surface area contributed by atoms with Crippen LogP contribution in [0.15, 0.2) is 24.3 Å². The minimum absolute atomic E-state index is 0.0352. The third-order valence-electron chi connectivity index (χ3n) is 2.77. The van der Waals surface area contributed by atoms with Crippen LogP contribution in [0.1, 0.15) is 19.8 Å². The highest BCUT2D eigenvalue weighted by molar-refractivity contribution is 7.80. The first-order chi connectivity index (χ1) is 10.1. The van der Waals surface area contributed by atoms with E-state index in [2.05, 4.69) is 0 Å². The molecule has 4 nitrogen and oxygen atoms in total. The molecular formula is C15H20FNO3S. The highest BCUT2D eigenvalue weighted by atomic mass is 32.1. The van der Waals surface area contributed by atoms with Gasteiger partial charge >= 0.3 is 5.97 Å². The second-order valence-corrected chi connectivity index (χ2v) is 4.82. The van der Waals surface area contributed by atoms with Gasteiger partial charge < -0.3 is 14.4 Å². The maximum absolute atomic E-state index is 13.0. The molecule has 1 rings (SSSR count). The molecule has 0 spiro atoms. The smallest absolute Gasteiger partial charge is 0.312 e. The molecule has 21 heavy (non-hydrogen) atoms. The van der Waals surface area contributed by atoms with Crippen LogP contribution in [0.2, 0.25) is 0 Å². The van der Waals surface area contributed by atoms with E-state index in [0.29, 0.717) is 24.7 Å². The highest BCUT2D eigenvalue weighted by Crippen LogP contribution is 2.17. The Morgan fingerprint density at radius 1 is 1.33 bits per heavy atom. The monoisotopic (exact) mass is 313 g/mol. The predicted octanol–water partition coefficient (Wildman–Crippen LogP) is 2.95. The summed E-state index contributed by atoms with van der Waals surface area (Å²) in [6.45, 7) is 3.25. The van der Waals surface area contributed by atoms with Crippen molar-refractivity contribution >= 4 is 28.9 Å². The van der Waals surface area contributed by atoms with E-state index in [-0.39, 0.29) is 18.2 Å². The van der Waals surface area contributed by atoms with Crippen molar-refractivity contribution in [2.45, 2.75) is 19.8 Å². The summed E-state index contributed by atoms with van der Waals surface area (Å²) < 4.78 is 23.0. The molecule has 0 radical (unpaired) electrons. The fourth-order valence-electron chi connectivity index (χ4n) is 1.82. The van der Waals surface area contributed by atoms with Gasteiger partial charge in [-0.05, 0) is 37.6 Å². The van der Waals surface area contributed by atoms with Gasteiger partial charge in [0.05, 0.1) is 18.0 Å². The number of thiocarbonyl (C=S) groups is 1. The number of ether oxygens (including phenoxy) is 2. The molecule has 0 aliphatic heterocycles. The van der Waals surface area contributed by atoms with Crippen LogP contribution in [0.3, 0.4) is 0 Å². The lowest BCUT2D eigenvalue weighted by atomic mass is 10.2. The van der Waals surface area contributed by atoms with Crippen molar-refractivity contribution < 1.29 is 18.7 Å². The van der Waals surface area contributed by atoms with Gasteiger partial charge in [-0.2, -0.15) is 0 Å². The van der Waals surface area contributed by atoms with E-state index in [0.717, 1.165) is 12.1 Å². The highest BCUT2D eigenvalue weighted by Gasteiger charge is 2.16. The first-order valence-electron chi connectivity index (χ1n) is 6.79. The molecule has 0 bridgehead atoms. The summed E-state index contributed by atoms with van der Waals surface area (Å²) in [7, 11) is 1.62. The average Bonchev–Trinajstić information content (AvgIpc) is 2.45. The third-order valence-corrected chi connectivity index (χ3v) is 3.14. The first kappa shape index (κ1) is 17.5. The van der Waals surface area contributed by atoms with Crippen molar-refractivity contribution in [2.24, 2.45) is 0 Å². The Hall–Kier alpha value is -1.53. The van der Waals surface area contributed by atoms with Gasteiger partial charge in [-0.25, -0.2) is 4.39 Å². The van der Waals surface area contributed by atoms with Gasteiger partial charge in [0.15, 0.2) is 0 Å². The fourth-order valence-corrected chi connectivity index (χ4v) is 2.13. The lowest BCUT2D eigenvalue weighted by Gasteiger charge is -2.25. The van der Waals surface area contributed by atoms with Gasteiger partial charge in [0, 0.05) is 25.9 Å². The molecule has 0 unspecified atom stereocenters. The fraction of sp³-hybridized carbons (Fsp3) is 0.467. The summed E-state index contributed by atoms with van der Waals surface area (Å²) in [5.74, 6) is -0.673. The number of benzene rings is 1. The second-order valence-electron chi connectivity index (χ2n) is 4.35. The summed E-state index contributed by atoms with van der Waals surface area (Å²) in [5, 5.41) is 0. The van der Waals surface area contributed by atoms with E-state index in [1.165, 1.54) is 12.1 Å². The zero-order chi connectivity index (χ0) is 15.7. The summed E-state index contributed by atoms with van der Waals surface area (Å²) in [6, 6.07) is 6.01. The maximum atomic E-state index is 13.0. The van der Waals surface area contributed by atoms with Crippen LogP contribution >= 0.6 is 12.2 Å². The van der Waals surface area contributed by atoms with Crippen molar-refractivity contribution in [1.29, 1.82) is 0 Å². The molecule has 0 saturated carbocycles. The third kappa shape index (κ3) is 6.18. The minimum atomic E-state index is -0.360. The normalized spacial score (nSPS) is 10.2. The molecule has 1 aromatic rings. The number of nitrogens with zero attached hydrogens (tertiary/aromatic N) is 1. The standard InChI is InChI=1S/C15H20FNO3S/c1-3-20-15(18)11-14(21)17(9-4-10-19-2)13-7-5-12(16)6-8-13/h5-8H,3-4,9-11H2,1-2H3. The molecule has 116 valence electrons. The van der Waals surface area contributed by atoms with Crippen molar-refractivity contribution in [1.82, 2.24) is 0 Å². The maximum Gasteiger partial charge on any atom is 0.312 e. The number of methoxy groups -OCH3 is 1. The van der Waals surface area contributed by atoms with Gasteiger partial charge in [0.1, 0.15) is 5.82 Å². The Kier molecular flexibility index (Phi) is 7.85.